The van der Waals surface area contributed by atoms with Crippen LogP contribution in [0.5, 0.6) is 0 Å². The molecule has 0 spiro atoms. The molecule has 2 heterocycles. The number of benzene rings is 2. The van der Waals surface area contributed by atoms with Crippen LogP contribution in [0.3, 0.4) is 0 Å². The zero-order valence-corrected chi connectivity index (χ0v) is 20.2. The summed E-state index contributed by atoms with van der Waals surface area (Å²) in [5, 5.41) is 3.00. The van der Waals surface area contributed by atoms with Crippen LogP contribution in [0.1, 0.15) is 23.2 Å². The summed E-state index contributed by atoms with van der Waals surface area (Å²) in [5.74, 6) is -0.399. The third kappa shape index (κ3) is 5.85. The highest BCUT2D eigenvalue weighted by Gasteiger charge is 2.24. The first kappa shape index (κ1) is 24.0. The van der Waals surface area contributed by atoms with Gasteiger partial charge in [-0.2, -0.15) is 0 Å². The SMILES string of the molecule is CN1CCN(c2ccccc2NC(=O)c2ccc(Cl)c(S(=O)(=O)NCC3CCCO3)c2)CC1. The number of piperazine rings is 1. The van der Waals surface area contributed by atoms with Gasteiger partial charge in [0.15, 0.2) is 0 Å². The highest BCUT2D eigenvalue weighted by atomic mass is 35.5. The molecule has 2 N–H and O–H groups in total. The lowest BCUT2D eigenvalue weighted by atomic mass is 10.1. The molecule has 2 saturated heterocycles. The molecular formula is C23H29ClN4O4S. The molecule has 0 radical (unpaired) electrons. The highest BCUT2D eigenvalue weighted by molar-refractivity contribution is 7.89. The van der Waals surface area contributed by atoms with Gasteiger partial charge in [0.2, 0.25) is 10.0 Å². The van der Waals surface area contributed by atoms with Crippen LogP contribution in [0, 0.1) is 0 Å². The second-order valence-electron chi connectivity index (χ2n) is 8.39. The van der Waals surface area contributed by atoms with E-state index in [0.29, 0.717) is 12.3 Å². The minimum absolute atomic E-state index is 0.0595. The lowest BCUT2D eigenvalue weighted by molar-refractivity contribution is 0.102. The summed E-state index contributed by atoms with van der Waals surface area (Å²) in [5.41, 5.74) is 1.84. The molecule has 0 bridgehead atoms. The van der Waals surface area contributed by atoms with Crippen LogP contribution in [-0.2, 0) is 14.8 Å². The zero-order valence-electron chi connectivity index (χ0n) is 18.6. The number of anilines is 2. The first-order valence-electron chi connectivity index (χ1n) is 11.1. The van der Waals surface area contributed by atoms with Crippen molar-refractivity contribution in [3.63, 3.8) is 0 Å². The number of nitrogens with zero attached hydrogens (tertiary/aromatic N) is 2. The van der Waals surface area contributed by atoms with E-state index in [-0.39, 0.29) is 28.1 Å². The summed E-state index contributed by atoms with van der Waals surface area (Å²) in [4.78, 5) is 17.4. The molecule has 0 aliphatic carbocycles. The second-order valence-corrected chi connectivity index (χ2v) is 10.5. The van der Waals surface area contributed by atoms with Crippen molar-refractivity contribution in [1.82, 2.24) is 9.62 Å². The molecule has 33 heavy (non-hydrogen) atoms. The number of hydrogen-bond acceptors (Lipinski definition) is 6. The molecule has 2 aromatic carbocycles. The van der Waals surface area contributed by atoms with Gasteiger partial charge in [0.25, 0.3) is 5.91 Å². The van der Waals surface area contributed by atoms with Gasteiger partial charge in [-0.15, -0.1) is 0 Å². The number of likely N-dealkylation sites (N-methyl/N-ethyl adjacent to an activating group) is 1. The Hall–Kier alpha value is -2.17. The van der Waals surface area contributed by atoms with Crippen LogP contribution in [0.15, 0.2) is 47.4 Å². The van der Waals surface area contributed by atoms with Gasteiger partial charge in [-0.25, -0.2) is 13.1 Å². The Balaban J connectivity index is 1.50. The Morgan fingerprint density at radius 3 is 2.64 bits per heavy atom. The monoisotopic (exact) mass is 492 g/mol. The maximum atomic E-state index is 13.0. The fourth-order valence-corrected chi connectivity index (χ4v) is 5.62. The van der Waals surface area contributed by atoms with Gasteiger partial charge in [0.1, 0.15) is 4.90 Å². The molecule has 4 rings (SSSR count). The van der Waals surface area contributed by atoms with E-state index < -0.39 is 15.9 Å². The molecule has 2 aromatic rings. The average molecular weight is 493 g/mol. The number of nitrogens with one attached hydrogen (secondary N) is 2. The smallest absolute Gasteiger partial charge is 0.255 e. The molecule has 178 valence electrons. The van der Waals surface area contributed by atoms with Crippen LogP contribution in [0.25, 0.3) is 0 Å². The lowest BCUT2D eigenvalue weighted by Crippen LogP contribution is -2.44. The van der Waals surface area contributed by atoms with E-state index in [9.17, 15) is 13.2 Å². The summed E-state index contributed by atoms with van der Waals surface area (Å²) < 4.78 is 33.7. The topological polar surface area (TPSA) is 91.0 Å². The Morgan fingerprint density at radius 2 is 1.91 bits per heavy atom. The minimum Gasteiger partial charge on any atom is -0.377 e. The van der Waals surface area contributed by atoms with Crippen molar-refractivity contribution >= 4 is 38.9 Å². The number of para-hydroxylation sites is 2. The van der Waals surface area contributed by atoms with Gasteiger partial charge in [-0.05, 0) is 50.2 Å². The van der Waals surface area contributed by atoms with Crippen molar-refractivity contribution in [3.05, 3.63) is 53.1 Å². The number of amides is 1. The number of halogens is 1. The van der Waals surface area contributed by atoms with Crippen LogP contribution >= 0.6 is 11.6 Å². The predicted molar refractivity (Wildman–Crippen MR) is 130 cm³/mol. The van der Waals surface area contributed by atoms with Crippen molar-refractivity contribution in [2.24, 2.45) is 0 Å². The quantitative estimate of drug-likeness (QED) is 0.617. The fraction of sp³-hybridized carbons (Fsp3) is 0.435. The van der Waals surface area contributed by atoms with E-state index in [4.69, 9.17) is 16.3 Å². The Bertz CT molecular complexity index is 1100. The van der Waals surface area contributed by atoms with Crippen molar-refractivity contribution in [2.75, 3.05) is 56.6 Å². The molecule has 2 aliphatic heterocycles. The van der Waals surface area contributed by atoms with Gasteiger partial charge in [-0.1, -0.05) is 23.7 Å². The van der Waals surface area contributed by atoms with E-state index >= 15 is 0 Å². The van der Waals surface area contributed by atoms with Crippen molar-refractivity contribution in [1.29, 1.82) is 0 Å². The van der Waals surface area contributed by atoms with Crippen LogP contribution in [0.4, 0.5) is 11.4 Å². The molecule has 1 atom stereocenters. The molecule has 8 nitrogen and oxygen atoms in total. The van der Waals surface area contributed by atoms with Gasteiger partial charge in [0.05, 0.1) is 22.5 Å². The Labute approximate surface area is 199 Å². The Morgan fingerprint density at radius 1 is 1.15 bits per heavy atom. The average Bonchev–Trinajstić information content (AvgIpc) is 3.33. The van der Waals surface area contributed by atoms with E-state index in [1.165, 1.54) is 18.2 Å². The largest absolute Gasteiger partial charge is 0.377 e. The summed E-state index contributed by atoms with van der Waals surface area (Å²) in [6, 6.07) is 11.9. The van der Waals surface area contributed by atoms with E-state index in [2.05, 4.69) is 26.9 Å². The lowest BCUT2D eigenvalue weighted by Gasteiger charge is -2.35. The van der Waals surface area contributed by atoms with Gasteiger partial charge in [-0.3, -0.25) is 4.79 Å². The third-order valence-electron chi connectivity index (χ3n) is 6.00. The maximum absolute atomic E-state index is 13.0. The van der Waals surface area contributed by atoms with Gasteiger partial charge in [0, 0.05) is 44.9 Å². The normalized spacial score (nSPS) is 19.6. The molecular weight excluding hydrogens is 464 g/mol. The summed E-state index contributed by atoms with van der Waals surface area (Å²) in [6.07, 6.45) is 1.58. The molecule has 2 fully saturated rings. The number of hydrogen-bond donors (Lipinski definition) is 2. The second kappa shape index (κ2) is 10.4. The predicted octanol–water partition coefficient (Wildman–Crippen LogP) is 2.80. The van der Waals surface area contributed by atoms with Crippen LogP contribution in [0.2, 0.25) is 5.02 Å². The maximum Gasteiger partial charge on any atom is 0.255 e. The molecule has 10 heteroatoms. The summed E-state index contributed by atoms with van der Waals surface area (Å²) in [6.45, 7) is 4.43. The van der Waals surface area contributed by atoms with E-state index in [1.807, 2.05) is 24.3 Å². The van der Waals surface area contributed by atoms with Gasteiger partial charge < -0.3 is 19.9 Å². The molecule has 1 unspecified atom stereocenters. The standard InChI is InChI=1S/C23H29ClN4O4S/c1-27-10-12-28(13-11-27)21-7-3-2-6-20(21)26-23(29)17-8-9-19(24)22(15-17)33(30,31)25-16-18-5-4-14-32-18/h2-3,6-9,15,18,25H,4-5,10-14,16H2,1H3,(H,26,29). The van der Waals surface area contributed by atoms with E-state index in [0.717, 1.165) is 44.7 Å². The van der Waals surface area contributed by atoms with Crippen LogP contribution < -0.4 is 14.9 Å². The molecule has 0 saturated carbocycles. The first-order valence-corrected chi connectivity index (χ1v) is 12.9. The number of rotatable bonds is 7. The van der Waals surface area contributed by atoms with Gasteiger partial charge >= 0.3 is 0 Å². The number of carbonyl (C=O) groups excluding carboxylic acids is 1. The van der Waals surface area contributed by atoms with Crippen molar-refractivity contribution < 1.29 is 17.9 Å². The highest BCUT2D eigenvalue weighted by Crippen LogP contribution is 2.28. The van der Waals surface area contributed by atoms with E-state index in [1.54, 1.807) is 0 Å². The van der Waals surface area contributed by atoms with Crippen LogP contribution in [-0.4, -0.2) is 71.7 Å². The summed E-state index contributed by atoms with van der Waals surface area (Å²) in [7, 11) is -1.80. The molecule has 2 aliphatic rings. The number of carbonyl (C=O) groups is 1. The zero-order chi connectivity index (χ0) is 23.4. The van der Waals surface area contributed by atoms with Crippen molar-refractivity contribution in [2.45, 2.75) is 23.8 Å². The molecule has 1 amide bonds. The first-order chi connectivity index (χ1) is 15.8. The number of sulfonamides is 1. The molecule has 0 aromatic heterocycles. The number of ether oxygens (including phenoxy) is 1. The minimum atomic E-state index is -3.89. The Kier molecular flexibility index (Phi) is 7.55. The third-order valence-corrected chi connectivity index (χ3v) is 7.91. The summed E-state index contributed by atoms with van der Waals surface area (Å²) >= 11 is 6.19. The fourth-order valence-electron chi connectivity index (χ4n) is 4.03. The van der Waals surface area contributed by atoms with Crippen molar-refractivity contribution in [3.8, 4) is 0 Å².